The summed E-state index contributed by atoms with van der Waals surface area (Å²) in [6.45, 7) is 9.16. The predicted octanol–water partition coefficient (Wildman–Crippen LogP) is 3.60. The Labute approximate surface area is 127 Å². The number of rotatable bonds is 5. The standard InChI is InChI=1S/C16H27N3S/c1-11(2)9-20-10-15-18-8-12-13(17-5)6-16(3,4)7-14(12)19-15/h8,11,13,17H,6-7,9-10H2,1-5H3. The molecule has 1 heterocycles. The van der Waals surface area contributed by atoms with Gasteiger partial charge in [-0.15, -0.1) is 0 Å². The second-order valence-corrected chi connectivity index (χ2v) is 8.01. The molecule has 1 aliphatic carbocycles. The molecular weight excluding hydrogens is 266 g/mol. The van der Waals surface area contributed by atoms with Gasteiger partial charge in [-0.2, -0.15) is 11.8 Å². The van der Waals surface area contributed by atoms with Crippen LogP contribution < -0.4 is 5.32 Å². The molecule has 3 nitrogen and oxygen atoms in total. The first-order valence-electron chi connectivity index (χ1n) is 7.51. The Morgan fingerprint density at radius 3 is 2.85 bits per heavy atom. The first kappa shape index (κ1) is 15.8. The third kappa shape index (κ3) is 3.95. The summed E-state index contributed by atoms with van der Waals surface area (Å²) in [6, 6.07) is 0.395. The lowest BCUT2D eigenvalue weighted by Crippen LogP contribution is -2.32. The Kier molecular flexibility index (Phi) is 5.08. The number of fused-ring (bicyclic) bond motifs is 1. The van der Waals surface area contributed by atoms with Crippen molar-refractivity contribution in [1.82, 2.24) is 15.3 Å². The fraction of sp³-hybridized carbons (Fsp3) is 0.750. The smallest absolute Gasteiger partial charge is 0.138 e. The maximum absolute atomic E-state index is 4.83. The Bertz CT molecular complexity index is 457. The van der Waals surface area contributed by atoms with Crippen LogP contribution in [-0.2, 0) is 12.2 Å². The number of nitrogens with one attached hydrogen (secondary N) is 1. The van der Waals surface area contributed by atoms with Crippen molar-refractivity contribution in [2.75, 3.05) is 12.8 Å². The van der Waals surface area contributed by atoms with E-state index in [0.29, 0.717) is 11.5 Å². The fourth-order valence-electron chi connectivity index (χ4n) is 2.80. The van der Waals surface area contributed by atoms with Crippen LogP contribution in [0.1, 0.15) is 57.2 Å². The van der Waals surface area contributed by atoms with Gasteiger partial charge in [0.1, 0.15) is 5.82 Å². The second-order valence-electron chi connectivity index (χ2n) is 6.98. The summed E-state index contributed by atoms with van der Waals surface area (Å²) in [5.74, 6) is 3.81. The minimum absolute atomic E-state index is 0.317. The molecule has 112 valence electrons. The van der Waals surface area contributed by atoms with Crippen LogP contribution >= 0.6 is 11.8 Å². The van der Waals surface area contributed by atoms with Crippen molar-refractivity contribution in [3.8, 4) is 0 Å². The van der Waals surface area contributed by atoms with Crippen molar-refractivity contribution in [2.45, 2.75) is 52.3 Å². The summed E-state index contributed by atoms with van der Waals surface area (Å²) in [6.07, 6.45) is 4.26. The van der Waals surface area contributed by atoms with E-state index >= 15 is 0 Å². The maximum Gasteiger partial charge on any atom is 0.138 e. The number of nitrogens with zero attached hydrogens (tertiary/aromatic N) is 2. The van der Waals surface area contributed by atoms with Crippen LogP contribution in [0.2, 0.25) is 0 Å². The normalized spacial score (nSPS) is 21.0. The second kappa shape index (κ2) is 6.44. The lowest BCUT2D eigenvalue weighted by Gasteiger charge is -2.36. The van der Waals surface area contributed by atoms with Crippen LogP contribution in [0.15, 0.2) is 6.20 Å². The van der Waals surface area contributed by atoms with E-state index < -0.39 is 0 Å². The van der Waals surface area contributed by atoms with Gasteiger partial charge < -0.3 is 5.32 Å². The van der Waals surface area contributed by atoms with Crippen LogP contribution in [0.5, 0.6) is 0 Å². The zero-order valence-electron chi connectivity index (χ0n) is 13.4. The molecule has 0 fully saturated rings. The molecule has 0 amide bonds. The van der Waals surface area contributed by atoms with Crippen molar-refractivity contribution in [3.63, 3.8) is 0 Å². The third-order valence-corrected chi connectivity index (χ3v) is 5.12. The molecule has 0 saturated carbocycles. The fourth-order valence-corrected chi connectivity index (χ4v) is 3.71. The molecule has 1 N–H and O–H groups in total. The third-order valence-electron chi connectivity index (χ3n) is 3.76. The van der Waals surface area contributed by atoms with Gasteiger partial charge in [0, 0.05) is 23.5 Å². The van der Waals surface area contributed by atoms with E-state index in [1.54, 1.807) is 0 Å². The summed E-state index contributed by atoms with van der Waals surface area (Å²) in [4.78, 5) is 9.39. The topological polar surface area (TPSA) is 37.8 Å². The monoisotopic (exact) mass is 293 g/mol. The average Bonchev–Trinajstić information content (AvgIpc) is 2.35. The quantitative estimate of drug-likeness (QED) is 0.900. The number of hydrogen-bond acceptors (Lipinski definition) is 4. The van der Waals surface area contributed by atoms with Crippen molar-refractivity contribution in [2.24, 2.45) is 11.3 Å². The molecule has 1 aromatic rings. The molecule has 0 aromatic carbocycles. The molecule has 0 aliphatic heterocycles. The minimum Gasteiger partial charge on any atom is -0.313 e. The molecule has 1 aromatic heterocycles. The molecule has 0 bridgehead atoms. The van der Waals surface area contributed by atoms with Crippen molar-refractivity contribution >= 4 is 11.8 Å². The van der Waals surface area contributed by atoms with Crippen molar-refractivity contribution < 1.29 is 0 Å². The first-order valence-corrected chi connectivity index (χ1v) is 8.66. The van der Waals surface area contributed by atoms with E-state index in [2.05, 4.69) is 38.0 Å². The molecule has 4 heteroatoms. The Balaban J connectivity index is 2.13. The van der Waals surface area contributed by atoms with Gasteiger partial charge in [0.05, 0.1) is 5.75 Å². The van der Waals surface area contributed by atoms with E-state index in [0.717, 1.165) is 30.3 Å². The van der Waals surface area contributed by atoms with Gasteiger partial charge in [0.25, 0.3) is 0 Å². The van der Waals surface area contributed by atoms with Crippen molar-refractivity contribution in [3.05, 3.63) is 23.3 Å². The highest BCUT2D eigenvalue weighted by molar-refractivity contribution is 7.98. The molecule has 2 rings (SSSR count). The molecule has 1 aliphatic rings. The van der Waals surface area contributed by atoms with Crippen LogP contribution in [0.25, 0.3) is 0 Å². The van der Waals surface area contributed by atoms with E-state index in [9.17, 15) is 0 Å². The van der Waals surface area contributed by atoms with Gasteiger partial charge >= 0.3 is 0 Å². The summed E-state index contributed by atoms with van der Waals surface area (Å²) in [5, 5.41) is 3.41. The van der Waals surface area contributed by atoms with Gasteiger partial charge in [0.2, 0.25) is 0 Å². The van der Waals surface area contributed by atoms with E-state index in [1.165, 1.54) is 17.0 Å². The highest BCUT2D eigenvalue weighted by Crippen LogP contribution is 2.39. The molecule has 1 atom stereocenters. The summed E-state index contributed by atoms with van der Waals surface area (Å²) in [5.41, 5.74) is 2.86. The summed E-state index contributed by atoms with van der Waals surface area (Å²) >= 11 is 1.93. The molecule has 0 radical (unpaired) electrons. The predicted molar refractivity (Wildman–Crippen MR) is 86.9 cm³/mol. The summed E-state index contributed by atoms with van der Waals surface area (Å²) < 4.78 is 0. The van der Waals surface area contributed by atoms with Crippen LogP contribution in [0.3, 0.4) is 0 Å². The van der Waals surface area contributed by atoms with Crippen LogP contribution in [0.4, 0.5) is 0 Å². The van der Waals surface area contributed by atoms with Gasteiger partial charge in [-0.05, 0) is 37.0 Å². The molecular formula is C16H27N3S. The number of thioether (sulfide) groups is 1. The van der Waals surface area contributed by atoms with Crippen LogP contribution in [0, 0.1) is 11.3 Å². The zero-order valence-corrected chi connectivity index (χ0v) is 14.2. The minimum atomic E-state index is 0.317. The molecule has 0 spiro atoms. The molecule has 0 saturated heterocycles. The number of hydrogen-bond donors (Lipinski definition) is 1. The zero-order chi connectivity index (χ0) is 14.8. The van der Waals surface area contributed by atoms with Crippen LogP contribution in [-0.4, -0.2) is 22.8 Å². The van der Waals surface area contributed by atoms with Gasteiger partial charge in [0.15, 0.2) is 0 Å². The number of aromatic nitrogens is 2. The van der Waals surface area contributed by atoms with E-state index in [-0.39, 0.29) is 0 Å². The lowest BCUT2D eigenvalue weighted by atomic mass is 9.74. The first-order chi connectivity index (χ1) is 9.41. The average molecular weight is 293 g/mol. The van der Waals surface area contributed by atoms with E-state index in [1.807, 2.05) is 25.0 Å². The van der Waals surface area contributed by atoms with Gasteiger partial charge in [-0.1, -0.05) is 27.7 Å². The Hall–Kier alpha value is -0.610. The Morgan fingerprint density at radius 1 is 1.45 bits per heavy atom. The highest BCUT2D eigenvalue weighted by atomic mass is 32.2. The SMILES string of the molecule is CNC1CC(C)(C)Cc2nc(CSCC(C)C)ncc21. The van der Waals surface area contributed by atoms with E-state index in [4.69, 9.17) is 4.98 Å². The molecule has 20 heavy (non-hydrogen) atoms. The molecule has 1 unspecified atom stereocenters. The summed E-state index contributed by atoms with van der Waals surface area (Å²) in [7, 11) is 2.03. The van der Waals surface area contributed by atoms with Crippen molar-refractivity contribution in [1.29, 1.82) is 0 Å². The Morgan fingerprint density at radius 2 is 2.20 bits per heavy atom. The lowest BCUT2D eigenvalue weighted by molar-refractivity contribution is 0.260. The van der Waals surface area contributed by atoms with Gasteiger partial charge in [-0.25, -0.2) is 9.97 Å². The van der Waals surface area contributed by atoms with Gasteiger partial charge in [-0.3, -0.25) is 0 Å². The largest absolute Gasteiger partial charge is 0.313 e. The highest BCUT2D eigenvalue weighted by Gasteiger charge is 2.32. The maximum atomic E-state index is 4.83.